The molecule has 0 radical (unpaired) electrons. The summed E-state index contributed by atoms with van der Waals surface area (Å²) in [6, 6.07) is 3.01. The highest BCUT2D eigenvalue weighted by Crippen LogP contribution is 2.14. The first-order valence-electron chi connectivity index (χ1n) is 5.64. The molecule has 0 saturated heterocycles. The lowest BCUT2D eigenvalue weighted by Crippen LogP contribution is -2.27. The number of sulfonamides is 1. The van der Waals surface area contributed by atoms with Crippen LogP contribution in [-0.2, 0) is 16.6 Å². The first-order valence-corrected chi connectivity index (χ1v) is 7.13. The van der Waals surface area contributed by atoms with Crippen LogP contribution < -0.4 is 4.72 Å². The van der Waals surface area contributed by atoms with Gasteiger partial charge in [0.15, 0.2) is 0 Å². The molecule has 0 fully saturated rings. The van der Waals surface area contributed by atoms with Crippen LogP contribution in [0.25, 0.3) is 0 Å². The van der Waals surface area contributed by atoms with Gasteiger partial charge in [-0.3, -0.25) is 0 Å². The number of nitrogens with one attached hydrogen (secondary N) is 1. The highest BCUT2D eigenvalue weighted by atomic mass is 32.2. The van der Waals surface area contributed by atoms with Crippen molar-refractivity contribution < 1.29 is 18.3 Å². The van der Waals surface area contributed by atoms with Gasteiger partial charge >= 0.3 is 5.97 Å². The van der Waals surface area contributed by atoms with E-state index in [-0.39, 0.29) is 17.1 Å². The maximum atomic E-state index is 11.9. The van der Waals surface area contributed by atoms with Crippen LogP contribution in [0.2, 0.25) is 0 Å². The Hall–Kier alpha value is -1.85. The standard InChI is InChI=1S/C11H15N3O4S/c1-3-14-7-9(4-10(14)11(15)16)19(17,18)13-6-8(2)5-12/h4,7-8,13H,3,6H2,1-2H3,(H,15,16). The minimum absolute atomic E-state index is 0.0153. The fraction of sp³-hybridized carbons (Fsp3) is 0.455. The third-order valence-electron chi connectivity index (χ3n) is 2.54. The number of aromatic nitrogens is 1. The summed E-state index contributed by atoms with van der Waals surface area (Å²) in [4.78, 5) is 10.8. The van der Waals surface area contributed by atoms with Gasteiger partial charge in [-0.1, -0.05) is 0 Å². The Kier molecular flexibility index (Phi) is 4.69. The highest BCUT2D eigenvalue weighted by Gasteiger charge is 2.21. The van der Waals surface area contributed by atoms with Crippen LogP contribution in [-0.4, -0.2) is 30.6 Å². The monoisotopic (exact) mass is 285 g/mol. The third-order valence-corrected chi connectivity index (χ3v) is 3.93. The van der Waals surface area contributed by atoms with Crippen molar-refractivity contribution in [1.82, 2.24) is 9.29 Å². The lowest BCUT2D eigenvalue weighted by Gasteiger charge is -2.05. The van der Waals surface area contributed by atoms with Crippen LogP contribution in [0.5, 0.6) is 0 Å². The predicted molar refractivity (Wildman–Crippen MR) is 67.0 cm³/mol. The van der Waals surface area contributed by atoms with Crippen LogP contribution in [0.1, 0.15) is 24.3 Å². The molecule has 0 saturated carbocycles. The predicted octanol–water partition coefficient (Wildman–Crippen LogP) is 0.644. The average Bonchev–Trinajstić information content (AvgIpc) is 2.81. The average molecular weight is 285 g/mol. The smallest absolute Gasteiger partial charge is 0.352 e. The summed E-state index contributed by atoms with van der Waals surface area (Å²) in [5.41, 5.74) is -0.0868. The van der Waals surface area contributed by atoms with Crippen molar-refractivity contribution in [3.05, 3.63) is 18.0 Å². The summed E-state index contributed by atoms with van der Waals surface area (Å²) in [5, 5.41) is 17.5. The normalized spacial score (nSPS) is 12.9. The highest BCUT2D eigenvalue weighted by molar-refractivity contribution is 7.89. The third kappa shape index (κ3) is 3.56. The molecule has 1 unspecified atom stereocenters. The Morgan fingerprint density at radius 3 is 2.68 bits per heavy atom. The molecular formula is C11H15N3O4S. The molecule has 2 N–H and O–H groups in total. The number of carboxylic acid groups (broad SMARTS) is 1. The Bertz CT molecular complexity index is 612. The summed E-state index contributed by atoms with van der Waals surface area (Å²) in [6.07, 6.45) is 1.27. The molecule has 1 atom stereocenters. The molecule has 19 heavy (non-hydrogen) atoms. The quantitative estimate of drug-likeness (QED) is 0.796. The molecule has 7 nitrogen and oxygen atoms in total. The van der Waals surface area contributed by atoms with Crippen LogP contribution in [0, 0.1) is 17.2 Å². The van der Waals surface area contributed by atoms with Crippen LogP contribution >= 0.6 is 0 Å². The van der Waals surface area contributed by atoms with Gasteiger partial charge in [0.05, 0.1) is 12.0 Å². The van der Waals surface area contributed by atoms with Gasteiger partial charge in [-0.05, 0) is 19.9 Å². The Balaban J connectivity index is 3.03. The second-order valence-corrected chi connectivity index (χ2v) is 5.80. The summed E-state index contributed by atoms with van der Waals surface area (Å²) < 4.78 is 27.5. The minimum atomic E-state index is -3.80. The molecule has 1 rings (SSSR count). The number of rotatable bonds is 6. The molecule has 104 valence electrons. The number of aryl methyl sites for hydroxylation is 1. The van der Waals surface area contributed by atoms with E-state index in [4.69, 9.17) is 10.4 Å². The zero-order valence-electron chi connectivity index (χ0n) is 10.6. The first-order chi connectivity index (χ1) is 8.81. The number of nitrogens with zero attached hydrogens (tertiary/aromatic N) is 2. The second-order valence-electron chi connectivity index (χ2n) is 4.03. The van der Waals surface area contributed by atoms with Crippen molar-refractivity contribution in [2.24, 2.45) is 5.92 Å². The molecule has 0 amide bonds. The van der Waals surface area contributed by atoms with E-state index in [1.54, 1.807) is 13.8 Å². The van der Waals surface area contributed by atoms with Gasteiger partial charge in [-0.15, -0.1) is 0 Å². The summed E-state index contributed by atoms with van der Waals surface area (Å²) >= 11 is 0. The lowest BCUT2D eigenvalue weighted by atomic mass is 10.2. The number of aromatic carboxylic acids is 1. The van der Waals surface area contributed by atoms with Crippen LogP contribution in [0.4, 0.5) is 0 Å². The van der Waals surface area contributed by atoms with Crippen molar-refractivity contribution in [3.63, 3.8) is 0 Å². The molecule has 0 aliphatic rings. The van der Waals surface area contributed by atoms with Crippen molar-refractivity contribution in [3.8, 4) is 6.07 Å². The fourth-order valence-corrected chi connectivity index (χ4v) is 2.60. The van der Waals surface area contributed by atoms with Gasteiger partial charge in [-0.2, -0.15) is 5.26 Å². The van der Waals surface area contributed by atoms with E-state index >= 15 is 0 Å². The maximum absolute atomic E-state index is 11.9. The molecule has 1 aromatic heterocycles. The van der Waals surface area contributed by atoms with E-state index in [1.807, 2.05) is 6.07 Å². The number of hydrogen-bond acceptors (Lipinski definition) is 4. The molecule has 1 heterocycles. The molecule has 0 aliphatic carbocycles. The summed E-state index contributed by atoms with van der Waals surface area (Å²) in [7, 11) is -3.80. The van der Waals surface area contributed by atoms with Gasteiger partial charge in [0.25, 0.3) is 0 Å². The SMILES string of the molecule is CCn1cc(S(=O)(=O)NCC(C)C#N)cc1C(=O)O. The van der Waals surface area contributed by atoms with Crippen molar-refractivity contribution in [1.29, 1.82) is 5.26 Å². The van der Waals surface area contributed by atoms with E-state index in [0.717, 1.165) is 6.07 Å². The molecule has 0 aliphatic heterocycles. The molecule has 1 aromatic rings. The van der Waals surface area contributed by atoms with E-state index in [1.165, 1.54) is 10.8 Å². The Labute approximate surface area is 111 Å². The number of carboxylic acids is 1. The van der Waals surface area contributed by atoms with Gasteiger partial charge in [0, 0.05) is 19.3 Å². The van der Waals surface area contributed by atoms with Crippen molar-refractivity contribution >= 4 is 16.0 Å². The Morgan fingerprint density at radius 2 is 2.26 bits per heavy atom. The van der Waals surface area contributed by atoms with E-state index < -0.39 is 21.9 Å². The van der Waals surface area contributed by atoms with Gasteiger partial charge < -0.3 is 9.67 Å². The number of carbonyl (C=O) groups is 1. The minimum Gasteiger partial charge on any atom is -0.477 e. The van der Waals surface area contributed by atoms with E-state index in [0.29, 0.717) is 6.54 Å². The summed E-state index contributed by atoms with van der Waals surface area (Å²) in [5.74, 6) is -1.64. The van der Waals surface area contributed by atoms with Crippen molar-refractivity contribution in [2.45, 2.75) is 25.3 Å². The van der Waals surface area contributed by atoms with Crippen LogP contribution in [0.15, 0.2) is 17.2 Å². The van der Waals surface area contributed by atoms with E-state index in [9.17, 15) is 13.2 Å². The zero-order valence-corrected chi connectivity index (χ0v) is 11.4. The van der Waals surface area contributed by atoms with Gasteiger partial charge in [0.2, 0.25) is 10.0 Å². The van der Waals surface area contributed by atoms with E-state index in [2.05, 4.69) is 4.72 Å². The number of nitriles is 1. The zero-order chi connectivity index (χ0) is 14.6. The Morgan fingerprint density at radius 1 is 1.63 bits per heavy atom. The summed E-state index contributed by atoms with van der Waals surface area (Å²) in [6.45, 7) is 3.64. The maximum Gasteiger partial charge on any atom is 0.352 e. The van der Waals surface area contributed by atoms with Gasteiger partial charge in [-0.25, -0.2) is 17.9 Å². The molecular weight excluding hydrogens is 270 g/mol. The van der Waals surface area contributed by atoms with Gasteiger partial charge in [0.1, 0.15) is 10.6 Å². The topological polar surface area (TPSA) is 112 Å². The second kappa shape index (κ2) is 5.86. The largest absolute Gasteiger partial charge is 0.477 e. The van der Waals surface area contributed by atoms with Crippen LogP contribution in [0.3, 0.4) is 0 Å². The molecule has 0 spiro atoms. The number of hydrogen-bond donors (Lipinski definition) is 2. The molecule has 0 bridgehead atoms. The molecule has 0 aromatic carbocycles. The lowest BCUT2D eigenvalue weighted by molar-refractivity contribution is 0.0685. The first kappa shape index (κ1) is 15.2. The van der Waals surface area contributed by atoms with Crippen molar-refractivity contribution in [2.75, 3.05) is 6.54 Å². The fourth-order valence-electron chi connectivity index (χ4n) is 1.43. The molecule has 8 heteroatoms.